The summed E-state index contributed by atoms with van der Waals surface area (Å²) in [5.74, 6) is 0.0102. The highest BCUT2D eigenvalue weighted by molar-refractivity contribution is 5.64. The van der Waals surface area contributed by atoms with Crippen LogP contribution in [0.25, 0.3) is 22.6 Å². The Labute approximate surface area is 156 Å². The molecule has 1 N–H and O–H groups in total. The second-order valence-electron chi connectivity index (χ2n) is 7.38. The number of aryl methyl sites for hydroxylation is 2. The molecule has 27 heavy (non-hydrogen) atoms. The van der Waals surface area contributed by atoms with Gasteiger partial charge in [0.25, 0.3) is 0 Å². The van der Waals surface area contributed by atoms with Crippen LogP contribution in [-0.4, -0.2) is 37.1 Å². The van der Waals surface area contributed by atoms with Gasteiger partial charge < -0.3 is 9.72 Å². The largest absolute Gasteiger partial charge is 0.316 e. The van der Waals surface area contributed by atoms with Crippen molar-refractivity contribution in [2.24, 2.45) is 0 Å². The highest BCUT2D eigenvalue weighted by Crippen LogP contribution is 2.27. The lowest BCUT2D eigenvalue weighted by Gasteiger charge is -2.20. The van der Waals surface area contributed by atoms with E-state index in [4.69, 9.17) is 0 Å². The van der Waals surface area contributed by atoms with Crippen molar-refractivity contribution in [2.45, 2.75) is 32.6 Å². The van der Waals surface area contributed by atoms with Gasteiger partial charge in [-0.2, -0.15) is 5.10 Å². The third kappa shape index (κ3) is 2.78. The molecule has 0 aliphatic carbocycles. The second kappa shape index (κ2) is 6.13. The van der Waals surface area contributed by atoms with Crippen molar-refractivity contribution in [3.8, 4) is 11.3 Å². The van der Waals surface area contributed by atoms with Crippen LogP contribution in [0.2, 0.25) is 0 Å². The summed E-state index contributed by atoms with van der Waals surface area (Å²) < 4.78 is 18.3. The number of pyridine rings is 1. The van der Waals surface area contributed by atoms with Crippen LogP contribution in [0, 0.1) is 19.7 Å². The number of hydrogen-bond acceptors (Lipinski definition) is 4. The van der Waals surface area contributed by atoms with E-state index in [1.54, 1.807) is 8.92 Å². The van der Waals surface area contributed by atoms with Gasteiger partial charge in [-0.1, -0.05) is 0 Å². The lowest BCUT2D eigenvalue weighted by Crippen LogP contribution is -2.28. The van der Waals surface area contributed by atoms with Gasteiger partial charge >= 0.3 is 0 Å². The van der Waals surface area contributed by atoms with E-state index in [0.29, 0.717) is 17.3 Å². The predicted octanol–water partition coefficient (Wildman–Crippen LogP) is 3.27. The van der Waals surface area contributed by atoms with E-state index >= 15 is 0 Å². The molecule has 138 valence electrons. The number of halogens is 1. The zero-order valence-corrected chi connectivity index (χ0v) is 15.4. The fraction of sp³-hybridized carbons (Fsp3) is 0.350. The van der Waals surface area contributed by atoms with Gasteiger partial charge in [-0.25, -0.2) is 18.9 Å². The average molecular weight is 364 g/mol. The first-order chi connectivity index (χ1) is 13.1. The quantitative estimate of drug-likeness (QED) is 0.593. The number of fused-ring (bicyclic) bond motifs is 2. The molecule has 0 saturated carbocycles. The third-order valence-corrected chi connectivity index (χ3v) is 5.27. The zero-order chi connectivity index (χ0) is 18.5. The van der Waals surface area contributed by atoms with E-state index in [-0.39, 0.29) is 5.82 Å². The van der Waals surface area contributed by atoms with Gasteiger partial charge in [0.05, 0.1) is 23.3 Å². The summed E-state index contributed by atoms with van der Waals surface area (Å²) in [6.45, 7) is 5.87. The van der Waals surface area contributed by atoms with E-state index in [9.17, 15) is 4.39 Å². The Morgan fingerprint density at radius 1 is 1.11 bits per heavy atom. The maximum atomic E-state index is 14.8. The normalized spacial score (nSPS) is 17.8. The van der Waals surface area contributed by atoms with Crippen molar-refractivity contribution in [3.05, 3.63) is 53.5 Å². The molecule has 5 heterocycles. The molecular weight excluding hydrogens is 343 g/mol. The summed E-state index contributed by atoms with van der Waals surface area (Å²) in [4.78, 5) is 9.03. The number of nitrogens with zero attached hydrogens (tertiary/aromatic N) is 5. The number of piperidine rings is 1. The third-order valence-electron chi connectivity index (χ3n) is 5.27. The monoisotopic (exact) mass is 364 g/mol. The number of aromatic nitrogens is 5. The van der Waals surface area contributed by atoms with Crippen LogP contribution in [0.3, 0.4) is 0 Å². The minimum Gasteiger partial charge on any atom is -0.316 e. The van der Waals surface area contributed by atoms with E-state index in [1.165, 1.54) is 6.07 Å². The fourth-order valence-electron chi connectivity index (χ4n) is 3.90. The topological polar surface area (TPSA) is 59.5 Å². The smallest absolute Gasteiger partial charge is 0.173 e. The molecule has 1 aliphatic heterocycles. The Bertz CT molecular complexity index is 1150. The summed E-state index contributed by atoms with van der Waals surface area (Å²) in [7, 11) is 0. The maximum absolute atomic E-state index is 14.8. The van der Waals surface area contributed by atoms with Crippen LogP contribution in [0.15, 0.2) is 30.7 Å². The molecule has 0 unspecified atom stereocenters. The molecule has 0 amide bonds. The van der Waals surface area contributed by atoms with Gasteiger partial charge in [0.1, 0.15) is 0 Å². The first-order valence-corrected chi connectivity index (χ1v) is 9.31. The van der Waals surface area contributed by atoms with Crippen molar-refractivity contribution in [3.63, 3.8) is 0 Å². The molecular formula is C20H21FN6. The van der Waals surface area contributed by atoms with Gasteiger partial charge in [-0.15, -0.1) is 0 Å². The molecule has 4 aromatic rings. The summed E-state index contributed by atoms with van der Waals surface area (Å²) in [5, 5.41) is 8.01. The van der Waals surface area contributed by atoms with Crippen molar-refractivity contribution >= 4 is 11.3 Å². The van der Waals surface area contributed by atoms with Crippen LogP contribution >= 0.6 is 0 Å². The number of nitrogens with one attached hydrogen (secondary N) is 1. The molecule has 6 nitrogen and oxygen atoms in total. The Hall–Kier alpha value is -2.80. The Balaban J connectivity index is 1.61. The van der Waals surface area contributed by atoms with Crippen LogP contribution in [0.5, 0.6) is 0 Å². The van der Waals surface area contributed by atoms with E-state index < -0.39 is 0 Å². The highest BCUT2D eigenvalue weighted by atomic mass is 19.1. The molecule has 1 atom stereocenters. The molecule has 1 aliphatic rings. The van der Waals surface area contributed by atoms with Crippen LogP contribution < -0.4 is 5.32 Å². The van der Waals surface area contributed by atoms with E-state index in [0.717, 1.165) is 54.1 Å². The summed E-state index contributed by atoms with van der Waals surface area (Å²) in [6, 6.07) is 3.47. The number of rotatable bonds is 2. The molecule has 0 aromatic carbocycles. The molecule has 4 aromatic heterocycles. The standard InChI is InChI=1S/C20H21FN6/c1-12-6-17(25-27-9-13(2)23-19(12)27)15-7-16(21)20-24-18(11-26(20)10-15)14-4-3-5-22-8-14/h6-7,9-11,14,22H,3-5,8H2,1-2H3/t14-/m0/s1. The Kier molecular flexibility index (Phi) is 3.72. The minimum atomic E-state index is -0.330. The van der Waals surface area contributed by atoms with E-state index in [1.807, 2.05) is 38.5 Å². The first kappa shape index (κ1) is 16.4. The molecule has 0 spiro atoms. The lowest BCUT2D eigenvalue weighted by atomic mass is 9.97. The Morgan fingerprint density at radius 2 is 2.00 bits per heavy atom. The lowest BCUT2D eigenvalue weighted by molar-refractivity contribution is 0.456. The van der Waals surface area contributed by atoms with Gasteiger partial charge in [-0.05, 0) is 50.9 Å². The molecule has 7 heteroatoms. The molecule has 0 bridgehead atoms. The van der Waals surface area contributed by atoms with Crippen molar-refractivity contribution in [2.75, 3.05) is 13.1 Å². The van der Waals surface area contributed by atoms with Crippen LogP contribution in [0.4, 0.5) is 4.39 Å². The minimum absolute atomic E-state index is 0.330. The van der Waals surface area contributed by atoms with Gasteiger partial charge in [0, 0.05) is 30.4 Å². The van der Waals surface area contributed by atoms with Crippen molar-refractivity contribution in [1.82, 2.24) is 29.3 Å². The maximum Gasteiger partial charge on any atom is 0.173 e. The molecule has 5 rings (SSSR count). The predicted molar refractivity (Wildman–Crippen MR) is 101 cm³/mol. The number of hydrogen-bond donors (Lipinski definition) is 1. The fourth-order valence-corrected chi connectivity index (χ4v) is 3.90. The van der Waals surface area contributed by atoms with Gasteiger partial charge in [0.2, 0.25) is 0 Å². The highest BCUT2D eigenvalue weighted by Gasteiger charge is 2.20. The van der Waals surface area contributed by atoms with Crippen LogP contribution in [-0.2, 0) is 0 Å². The summed E-state index contributed by atoms with van der Waals surface area (Å²) in [6.07, 6.45) is 7.95. The van der Waals surface area contributed by atoms with Crippen molar-refractivity contribution in [1.29, 1.82) is 0 Å². The van der Waals surface area contributed by atoms with E-state index in [2.05, 4.69) is 20.4 Å². The second-order valence-corrected chi connectivity index (χ2v) is 7.38. The SMILES string of the molecule is Cc1cn2nc(-c3cc(F)c4nc([C@H]5CCCNC5)cn4c3)cc(C)c2n1. The number of imidazole rings is 2. The molecule has 0 radical (unpaired) electrons. The molecule has 1 saturated heterocycles. The zero-order valence-electron chi connectivity index (χ0n) is 15.4. The van der Waals surface area contributed by atoms with Crippen LogP contribution in [0.1, 0.15) is 35.7 Å². The first-order valence-electron chi connectivity index (χ1n) is 9.31. The van der Waals surface area contributed by atoms with Crippen molar-refractivity contribution < 1.29 is 4.39 Å². The van der Waals surface area contributed by atoms with Gasteiger partial charge in [0.15, 0.2) is 17.1 Å². The average Bonchev–Trinajstić information content (AvgIpc) is 3.26. The summed E-state index contributed by atoms with van der Waals surface area (Å²) in [5.41, 5.74) is 5.50. The molecule has 1 fully saturated rings. The Morgan fingerprint density at radius 3 is 2.81 bits per heavy atom. The van der Waals surface area contributed by atoms with Gasteiger partial charge in [-0.3, -0.25) is 0 Å². The summed E-state index contributed by atoms with van der Waals surface area (Å²) >= 11 is 0.